The second kappa shape index (κ2) is 6.62. The summed E-state index contributed by atoms with van der Waals surface area (Å²) in [7, 11) is -2.71. The summed E-state index contributed by atoms with van der Waals surface area (Å²) in [5.41, 5.74) is 7.32. The molecule has 3 rings (SSSR count). The maximum atomic E-state index is 12.7. The van der Waals surface area contributed by atoms with Crippen molar-refractivity contribution in [1.82, 2.24) is 4.72 Å². The van der Waals surface area contributed by atoms with Crippen molar-refractivity contribution in [2.75, 3.05) is 12.8 Å². The maximum absolute atomic E-state index is 12.7. The van der Waals surface area contributed by atoms with Gasteiger partial charge in [-0.3, -0.25) is 4.79 Å². The van der Waals surface area contributed by atoms with Crippen LogP contribution in [0.25, 0.3) is 21.9 Å². The molecule has 0 amide bonds. The Morgan fingerprint density at radius 2 is 1.73 bits per heavy atom. The van der Waals surface area contributed by atoms with E-state index in [1.165, 1.54) is 19.2 Å². The first-order chi connectivity index (χ1) is 12.2. The maximum Gasteiger partial charge on any atom is 0.324 e. The topological polar surface area (TPSA) is 112 Å². The van der Waals surface area contributed by atoms with E-state index in [4.69, 9.17) is 10.2 Å². The quantitative estimate of drug-likeness (QED) is 0.523. The third kappa shape index (κ3) is 3.25. The number of benzene rings is 2. The summed E-state index contributed by atoms with van der Waals surface area (Å²) in [4.78, 5) is 11.9. The Balaban J connectivity index is 2.03. The Kier molecular flexibility index (Phi) is 4.64. The van der Waals surface area contributed by atoms with Crippen molar-refractivity contribution in [2.24, 2.45) is 5.92 Å². The second-order valence-corrected chi connectivity index (χ2v) is 8.10. The van der Waals surface area contributed by atoms with Gasteiger partial charge in [-0.15, -0.1) is 0 Å². The van der Waals surface area contributed by atoms with Gasteiger partial charge in [-0.2, -0.15) is 4.72 Å². The van der Waals surface area contributed by atoms with E-state index in [2.05, 4.69) is 9.46 Å². The van der Waals surface area contributed by atoms with Gasteiger partial charge < -0.3 is 14.9 Å². The lowest BCUT2D eigenvalue weighted by molar-refractivity contribution is -0.143. The number of methoxy groups -OCH3 is 1. The Morgan fingerprint density at radius 3 is 2.35 bits per heavy atom. The predicted molar refractivity (Wildman–Crippen MR) is 99.1 cm³/mol. The normalized spacial score (nSPS) is 13.4. The minimum absolute atomic E-state index is 0.00609. The molecule has 3 N–H and O–H groups in total. The Labute approximate surface area is 151 Å². The van der Waals surface area contributed by atoms with Crippen LogP contribution in [0, 0.1) is 5.92 Å². The number of nitrogen functional groups attached to an aromatic ring is 1. The number of ether oxygens (including phenoxy) is 1. The second-order valence-electron chi connectivity index (χ2n) is 6.38. The van der Waals surface area contributed by atoms with E-state index in [0.29, 0.717) is 16.9 Å². The van der Waals surface area contributed by atoms with Gasteiger partial charge in [0, 0.05) is 28.6 Å². The van der Waals surface area contributed by atoms with Gasteiger partial charge in [0.2, 0.25) is 10.0 Å². The van der Waals surface area contributed by atoms with Crippen LogP contribution < -0.4 is 10.5 Å². The molecular weight excluding hydrogens is 356 g/mol. The number of nitrogens with one attached hydrogen (secondary N) is 1. The third-order valence-corrected chi connectivity index (χ3v) is 5.62. The molecule has 26 heavy (non-hydrogen) atoms. The van der Waals surface area contributed by atoms with E-state index in [-0.39, 0.29) is 10.8 Å². The van der Waals surface area contributed by atoms with E-state index >= 15 is 0 Å². The number of sulfonamides is 1. The van der Waals surface area contributed by atoms with Gasteiger partial charge in [0.1, 0.15) is 17.2 Å². The van der Waals surface area contributed by atoms with Crippen LogP contribution in [0.1, 0.15) is 13.8 Å². The minimum atomic E-state index is -3.93. The van der Waals surface area contributed by atoms with Gasteiger partial charge in [0.25, 0.3) is 0 Å². The number of hydrogen-bond donors (Lipinski definition) is 2. The van der Waals surface area contributed by atoms with E-state index in [1.54, 1.807) is 32.0 Å². The number of rotatable bonds is 5. The first-order valence-electron chi connectivity index (χ1n) is 8.05. The van der Waals surface area contributed by atoms with Crippen molar-refractivity contribution in [3.05, 3.63) is 36.4 Å². The molecule has 0 aliphatic rings. The van der Waals surface area contributed by atoms with E-state index in [0.717, 1.165) is 10.8 Å². The Hall–Kier alpha value is -2.58. The molecule has 8 heteroatoms. The van der Waals surface area contributed by atoms with Crippen molar-refractivity contribution in [3.8, 4) is 0 Å². The number of carbonyl (C=O) groups excluding carboxylic acids is 1. The molecule has 0 bridgehead atoms. The summed E-state index contributed by atoms with van der Waals surface area (Å²) in [6, 6.07) is 8.88. The number of fused-ring (bicyclic) bond motifs is 3. The zero-order valence-corrected chi connectivity index (χ0v) is 15.5. The fourth-order valence-electron chi connectivity index (χ4n) is 2.76. The van der Waals surface area contributed by atoms with E-state index in [1.807, 2.05) is 6.07 Å². The molecule has 1 heterocycles. The molecule has 3 aromatic rings. The van der Waals surface area contributed by atoms with Gasteiger partial charge in [-0.05, 0) is 30.2 Å². The van der Waals surface area contributed by atoms with Crippen molar-refractivity contribution in [2.45, 2.75) is 24.8 Å². The van der Waals surface area contributed by atoms with Crippen LogP contribution in [0.2, 0.25) is 0 Å². The van der Waals surface area contributed by atoms with Gasteiger partial charge in [-0.25, -0.2) is 8.42 Å². The SMILES string of the molecule is COC(=O)C(NS(=O)(=O)c1ccc2c(c1)oc1cc(N)ccc12)C(C)C. The van der Waals surface area contributed by atoms with Crippen LogP contribution in [0.3, 0.4) is 0 Å². The molecule has 1 aromatic heterocycles. The molecule has 0 spiro atoms. The monoisotopic (exact) mass is 376 g/mol. The molecular formula is C18H20N2O5S. The van der Waals surface area contributed by atoms with E-state index < -0.39 is 22.0 Å². The highest BCUT2D eigenvalue weighted by Gasteiger charge is 2.29. The van der Waals surface area contributed by atoms with Crippen molar-refractivity contribution in [1.29, 1.82) is 0 Å². The minimum Gasteiger partial charge on any atom is -0.468 e. The number of anilines is 1. The predicted octanol–water partition coefficient (Wildman–Crippen LogP) is 2.64. The van der Waals surface area contributed by atoms with E-state index in [9.17, 15) is 13.2 Å². The van der Waals surface area contributed by atoms with Crippen LogP contribution in [-0.2, 0) is 19.6 Å². The average Bonchev–Trinajstić information content (AvgIpc) is 2.95. The number of esters is 1. The summed E-state index contributed by atoms with van der Waals surface area (Å²) in [6.07, 6.45) is 0. The van der Waals surface area contributed by atoms with Crippen LogP contribution in [0.15, 0.2) is 45.7 Å². The summed E-state index contributed by atoms with van der Waals surface area (Å²) < 4.78 is 38.2. The number of nitrogens with two attached hydrogens (primary N) is 1. The Morgan fingerprint density at radius 1 is 1.12 bits per heavy atom. The highest BCUT2D eigenvalue weighted by Crippen LogP contribution is 2.31. The van der Waals surface area contributed by atoms with Gasteiger partial charge in [0.05, 0.1) is 12.0 Å². The van der Waals surface area contributed by atoms with Crippen molar-refractivity contribution < 1.29 is 22.4 Å². The van der Waals surface area contributed by atoms with Gasteiger partial charge in [-0.1, -0.05) is 13.8 Å². The molecule has 7 nitrogen and oxygen atoms in total. The lowest BCUT2D eigenvalue weighted by atomic mass is 10.1. The lowest BCUT2D eigenvalue weighted by Crippen LogP contribution is -2.44. The van der Waals surface area contributed by atoms with Crippen LogP contribution in [0.5, 0.6) is 0 Å². The molecule has 0 saturated carbocycles. The zero-order valence-electron chi connectivity index (χ0n) is 14.6. The molecule has 138 valence electrons. The third-order valence-electron chi connectivity index (χ3n) is 4.18. The summed E-state index contributed by atoms with van der Waals surface area (Å²) >= 11 is 0. The first kappa shape index (κ1) is 18.2. The summed E-state index contributed by atoms with van der Waals surface area (Å²) in [5, 5.41) is 1.63. The highest BCUT2D eigenvalue weighted by molar-refractivity contribution is 7.89. The fourth-order valence-corrected chi connectivity index (χ4v) is 4.11. The first-order valence-corrected chi connectivity index (χ1v) is 9.53. The number of furan rings is 1. The fraction of sp³-hybridized carbons (Fsp3) is 0.278. The average molecular weight is 376 g/mol. The molecule has 0 aliphatic carbocycles. The molecule has 0 saturated heterocycles. The number of carbonyl (C=O) groups is 1. The standard InChI is InChI=1S/C18H20N2O5S/c1-10(2)17(18(21)24-3)20-26(22,23)12-5-7-14-13-6-4-11(19)8-15(13)25-16(14)9-12/h4-10,17,20H,19H2,1-3H3. The number of hydrogen-bond acceptors (Lipinski definition) is 6. The summed E-state index contributed by atoms with van der Waals surface area (Å²) in [6.45, 7) is 3.47. The lowest BCUT2D eigenvalue weighted by Gasteiger charge is -2.19. The molecule has 2 aromatic carbocycles. The van der Waals surface area contributed by atoms with Crippen LogP contribution in [-0.4, -0.2) is 27.5 Å². The Bertz CT molecular complexity index is 1090. The van der Waals surface area contributed by atoms with Gasteiger partial charge >= 0.3 is 5.97 Å². The molecule has 1 unspecified atom stereocenters. The summed E-state index contributed by atoms with van der Waals surface area (Å²) in [5.74, 6) is -0.904. The molecule has 0 radical (unpaired) electrons. The van der Waals surface area contributed by atoms with Gasteiger partial charge in [0.15, 0.2) is 0 Å². The zero-order chi connectivity index (χ0) is 19.1. The van der Waals surface area contributed by atoms with Crippen LogP contribution >= 0.6 is 0 Å². The smallest absolute Gasteiger partial charge is 0.324 e. The van der Waals surface area contributed by atoms with Crippen LogP contribution in [0.4, 0.5) is 5.69 Å². The van der Waals surface area contributed by atoms with Crippen molar-refractivity contribution >= 4 is 43.6 Å². The molecule has 0 aliphatic heterocycles. The largest absolute Gasteiger partial charge is 0.468 e. The molecule has 0 fully saturated rings. The van der Waals surface area contributed by atoms with Crippen molar-refractivity contribution in [3.63, 3.8) is 0 Å². The molecule has 1 atom stereocenters. The highest BCUT2D eigenvalue weighted by atomic mass is 32.2.